The highest BCUT2D eigenvalue weighted by atomic mass is 32.2. The highest BCUT2D eigenvalue weighted by Crippen LogP contribution is 2.12. The Labute approximate surface area is 200 Å². The van der Waals surface area contributed by atoms with Crippen LogP contribution in [0.15, 0.2) is 24.3 Å². The topological polar surface area (TPSA) is 208 Å². The number of benzene rings is 1. The molecule has 0 aliphatic heterocycles. The molecule has 188 valence electrons. The normalized spacial score (nSPS) is 13.2. The van der Waals surface area contributed by atoms with Crippen LogP contribution < -0.4 is 21.7 Å². The Balaban J connectivity index is 2.86. The van der Waals surface area contributed by atoms with E-state index >= 15 is 0 Å². The summed E-state index contributed by atoms with van der Waals surface area (Å²) in [4.78, 5) is 59.4. The third-order valence-corrected chi connectivity index (χ3v) is 5.33. The number of phenolic OH excluding ortho intramolecular Hbond substituents is 1. The van der Waals surface area contributed by atoms with Gasteiger partial charge in [0.1, 0.15) is 17.8 Å². The lowest BCUT2D eigenvalue weighted by molar-refractivity contribution is -0.143. The molecule has 3 unspecified atom stereocenters. The van der Waals surface area contributed by atoms with E-state index in [0.29, 0.717) is 17.7 Å². The summed E-state index contributed by atoms with van der Waals surface area (Å²) in [7, 11) is 0. The van der Waals surface area contributed by atoms with Gasteiger partial charge in [-0.1, -0.05) is 12.1 Å². The number of hydrogen-bond donors (Lipinski definition) is 7. The standard InChI is InChI=1S/C21H30N4O8S/c1-34-9-8-14(22)19(30)23-11-17(27)24-16(10-12-2-4-13(26)5-3-12)20(31)25-15(21(32)33)6-7-18(28)29/h2-5,14-16,26H,6-11,22H2,1H3,(H,23,30)(H,24,27)(H,25,31)(H,28,29)(H,32,33). The molecule has 0 spiro atoms. The van der Waals surface area contributed by atoms with Crippen LogP contribution in [-0.2, 0) is 30.4 Å². The van der Waals surface area contributed by atoms with Gasteiger partial charge in [0.2, 0.25) is 17.7 Å². The van der Waals surface area contributed by atoms with Crippen molar-refractivity contribution in [1.29, 1.82) is 0 Å². The molecule has 0 radical (unpaired) electrons. The van der Waals surface area contributed by atoms with E-state index in [1.807, 2.05) is 6.26 Å². The molecule has 12 nitrogen and oxygen atoms in total. The minimum Gasteiger partial charge on any atom is -0.508 e. The summed E-state index contributed by atoms with van der Waals surface area (Å²) < 4.78 is 0. The van der Waals surface area contributed by atoms with Crippen molar-refractivity contribution in [3.63, 3.8) is 0 Å². The van der Waals surface area contributed by atoms with Crippen molar-refractivity contribution in [2.75, 3.05) is 18.6 Å². The molecule has 0 saturated carbocycles. The maximum atomic E-state index is 12.8. The van der Waals surface area contributed by atoms with Crippen molar-refractivity contribution in [2.24, 2.45) is 5.73 Å². The molecule has 0 aliphatic carbocycles. The molecule has 13 heteroatoms. The van der Waals surface area contributed by atoms with Crippen molar-refractivity contribution < 1.29 is 39.3 Å². The van der Waals surface area contributed by atoms with E-state index in [1.165, 1.54) is 36.0 Å². The summed E-state index contributed by atoms with van der Waals surface area (Å²) >= 11 is 1.52. The van der Waals surface area contributed by atoms with Crippen LogP contribution in [0.2, 0.25) is 0 Å². The molecule has 0 heterocycles. The Morgan fingerprint density at radius 3 is 2.18 bits per heavy atom. The summed E-state index contributed by atoms with van der Waals surface area (Å²) in [6.45, 7) is -0.452. The maximum Gasteiger partial charge on any atom is 0.326 e. The van der Waals surface area contributed by atoms with Gasteiger partial charge in [-0.05, 0) is 42.5 Å². The van der Waals surface area contributed by atoms with Gasteiger partial charge in [-0.25, -0.2) is 4.79 Å². The molecule has 3 atom stereocenters. The van der Waals surface area contributed by atoms with Crippen LogP contribution in [0.1, 0.15) is 24.8 Å². The maximum absolute atomic E-state index is 12.8. The van der Waals surface area contributed by atoms with Crippen molar-refractivity contribution in [3.8, 4) is 5.75 Å². The smallest absolute Gasteiger partial charge is 0.326 e. The predicted octanol–water partition coefficient (Wildman–Crippen LogP) is -0.950. The van der Waals surface area contributed by atoms with Gasteiger partial charge >= 0.3 is 11.9 Å². The summed E-state index contributed by atoms with van der Waals surface area (Å²) in [5, 5.41) is 34.6. The Hall–Kier alpha value is -3.32. The van der Waals surface area contributed by atoms with E-state index in [-0.39, 0.29) is 18.6 Å². The number of nitrogens with one attached hydrogen (secondary N) is 3. The molecule has 0 aromatic heterocycles. The zero-order valence-corrected chi connectivity index (χ0v) is 19.5. The number of hydrogen-bond acceptors (Lipinski definition) is 8. The van der Waals surface area contributed by atoms with Crippen molar-refractivity contribution >= 4 is 41.4 Å². The minimum atomic E-state index is -1.48. The number of thioether (sulfide) groups is 1. The van der Waals surface area contributed by atoms with Crippen LogP contribution in [0.25, 0.3) is 0 Å². The fourth-order valence-corrected chi connectivity index (χ4v) is 3.28. The number of carbonyl (C=O) groups is 5. The summed E-state index contributed by atoms with van der Waals surface area (Å²) in [5.74, 6) is -4.06. The zero-order valence-electron chi connectivity index (χ0n) is 18.7. The van der Waals surface area contributed by atoms with E-state index < -0.39 is 60.8 Å². The van der Waals surface area contributed by atoms with Gasteiger partial charge in [0.05, 0.1) is 12.6 Å². The first-order valence-electron chi connectivity index (χ1n) is 10.4. The van der Waals surface area contributed by atoms with Crippen molar-refractivity contribution in [1.82, 2.24) is 16.0 Å². The molecule has 0 aliphatic rings. The van der Waals surface area contributed by atoms with Crippen molar-refractivity contribution in [3.05, 3.63) is 29.8 Å². The lowest BCUT2D eigenvalue weighted by Crippen LogP contribution is -2.54. The molecule has 34 heavy (non-hydrogen) atoms. The average molecular weight is 499 g/mol. The number of carboxylic acids is 2. The molecule has 0 fully saturated rings. The van der Waals surface area contributed by atoms with Gasteiger partial charge in [-0.2, -0.15) is 11.8 Å². The van der Waals surface area contributed by atoms with Gasteiger partial charge in [0, 0.05) is 12.8 Å². The number of phenols is 1. The summed E-state index contributed by atoms with van der Waals surface area (Å²) in [5.41, 5.74) is 6.30. The number of amides is 3. The van der Waals surface area contributed by atoms with E-state index in [4.69, 9.17) is 10.8 Å². The first-order valence-corrected chi connectivity index (χ1v) is 11.8. The second kappa shape index (κ2) is 14.8. The molecule has 1 rings (SSSR count). The number of carboxylic acid groups (broad SMARTS) is 2. The average Bonchev–Trinajstić information content (AvgIpc) is 2.78. The number of carbonyl (C=O) groups excluding carboxylic acids is 3. The predicted molar refractivity (Wildman–Crippen MR) is 124 cm³/mol. The van der Waals surface area contributed by atoms with Crippen LogP contribution >= 0.6 is 11.8 Å². The number of aliphatic carboxylic acids is 2. The highest BCUT2D eigenvalue weighted by Gasteiger charge is 2.27. The van der Waals surface area contributed by atoms with Gasteiger partial charge < -0.3 is 37.0 Å². The number of aromatic hydroxyl groups is 1. The van der Waals surface area contributed by atoms with E-state index in [0.717, 1.165) is 0 Å². The highest BCUT2D eigenvalue weighted by molar-refractivity contribution is 7.98. The van der Waals surface area contributed by atoms with Crippen LogP contribution in [0, 0.1) is 0 Å². The van der Waals surface area contributed by atoms with E-state index in [9.17, 15) is 34.2 Å². The van der Waals surface area contributed by atoms with Crippen LogP contribution in [0.3, 0.4) is 0 Å². The van der Waals surface area contributed by atoms with Gasteiger partial charge in [0.15, 0.2) is 0 Å². The SMILES string of the molecule is CSCCC(N)C(=O)NCC(=O)NC(Cc1ccc(O)cc1)C(=O)NC(CCC(=O)O)C(=O)O. The van der Waals surface area contributed by atoms with E-state index in [1.54, 1.807) is 0 Å². The summed E-state index contributed by atoms with van der Waals surface area (Å²) in [6.07, 6.45) is 1.42. The number of rotatable bonds is 15. The zero-order chi connectivity index (χ0) is 25.7. The molecular weight excluding hydrogens is 468 g/mol. The molecule has 3 amide bonds. The number of nitrogens with two attached hydrogens (primary N) is 1. The largest absolute Gasteiger partial charge is 0.508 e. The van der Waals surface area contributed by atoms with Gasteiger partial charge in [-0.15, -0.1) is 0 Å². The molecule has 0 bridgehead atoms. The molecule has 0 saturated heterocycles. The van der Waals surface area contributed by atoms with Crippen molar-refractivity contribution in [2.45, 2.75) is 43.8 Å². The van der Waals surface area contributed by atoms with E-state index in [2.05, 4.69) is 16.0 Å². The second-order valence-electron chi connectivity index (χ2n) is 7.43. The fraction of sp³-hybridized carbons (Fsp3) is 0.476. The Morgan fingerprint density at radius 1 is 0.971 bits per heavy atom. The van der Waals surface area contributed by atoms with Crippen LogP contribution in [0.4, 0.5) is 0 Å². The van der Waals surface area contributed by atoms with Crippen LogP contribution in [-0.4, -0.2) is 81.7 Å². The fourth-order valence-electron chi connectivity index (χ4n) is 2.79. The third kappa shape index (κ3) is 11.0. The first kappa shape index (κ1) is 28.7. The first-order chi connectivity index (χ1) is 16.0. The monoisotopic (exact) mass is 498 g/mol. The Morgan fingerprint density at radius 2 is 1.62 bits per heavy atom. The van der Waals surface area contributed by atoms with Gasteiger partial charge in [0.25, 0.3) is 0 Å². The second-order valence-corrected chi connectivity index (χ2v) is 8.41. The molecule has 8 N–H and O–H groups in total. The minimum absolute atomic E-state index is 0.00563. The third-order valence-electron chi connectivity index (χ3n) is 4.68. The van der Waals surface area contributed by atoms with Crippen LogP contribution in [0.5, 0.6) is 5.75 Å². The Bertz CT molecular complexity index is 865. The quantitative estimate of drug-likeness (QED) is 0.158. The lowest BCUT2D eigenvalue weighted by atomic mass is 10.0. The lowest BCUT2D eigenvalue weighted by Gasteiger charge is -2.22. The molecule has 1 aromatic rings. The summed E-state index contributed by atoms with van der Waals surface area (Å²) in [6, 6.07) is 2.32. The van der Waals surface area contributed by atoms with Gasteiger partial charge in [-0.3, -0.25) is 19.2 Å². The molecular formula is C21H30N4O8S. The Kier molecular flexibility index (Phi) is 12.5. The molecule has 1 aromatic carbocycles.